The Kier molecular flexibility index (Phi) is 3.67. The van der Waals surface area contributed by atoms with Crippen LogP contribution in [0.25, 0.3) is 0 Å². The number of aromatic nitrogens is 1. The second-order valence-electron chi connectivity index (χ2n) is 5.44. The average molecular weight is 309 g/mol. The van der Waals surface area contributed by atoms with E-state index in [2.05, 4.69) is 4.98 Å². The molecule has 0 aliphatic carbocycles. The van der Waals surface area contributed by atoms with Gasteiger partial charge in [-0.15, -0.1) is 0 Å². The highest BCUT2D eigenvalue weighted by Crippen LogP contribution is 2.33. The van der Waals surface area contributed by atoms with Crippen molar-refractivity contribution in [3.05, 3.63) is 12.0 Å². The first-order valence-corrected chi connectivity index (χ1v) is 7.41. The summed E-state index contributed by atoms with van der Waals surface area (Å²) in [5, 5.41) is 0. The molecule has 3 rings (SSSR count). The van der Waals surface area contributed by atoms with Gasteiger partial charge in [0.05, 0.1) is 12.1 Å². The fourth-order valence-corrected chi connectivity index (χ4v) is 2.94. The van der Waals surface area contributed by atoms with E-state index in [1.54, 1.807) is 11.8 Å². The quantitative estimate of drug-likeness (QED) is 0.774. The van der Waals surface area contributed by atoms with Crippen molar-refractivity contribution in [3.8, 4) is 0 Å². The Hall–Kier alpha value is -2.25. The number of carbonyl (C=O) groups excluding carboxylic acids is 2. The van der Waals surface area contributed by atoms with Gasteiger partial charge in [0.15, 0.2) is 5.69 Å². The number of esters is 1. The Balaban J connectivity index is 1.77. The SMILES string of the molecule is CCOC(=O)c1coc(N2CCN3C(=O)OCC3(CC)C2)n1. The summed E-state index contributed by atoms with van der Waals surface area (Å²) < 4.78 is 15.5. The molecule has 1 aromatic rings. The third-order valence-corrected chi connectivity index (χ3v) is 4.24. The lowest BCUT2D eigenvalue weighted by Gasteiger charge is -2.43. The first-order valence-electron chi connectivity index (χ1n) is 7.41. The fraction of sp³-hybridized carbons (Fsp3) is 0.643. The van der Waals surface area contributed by atoms with Crippen LogP contribution < -0.4 is 4.90 Å². The van der Waals surface area contributed by atoms with Crippen LogP contribution in [0.15, 0.2) is 10.7 Å². The monoisotopic (exact) mass is 309 g/mol. The standard InChI is InChI=1S/C14H19N3O5/c1-3-14-8-16(5-6-17(14)13(19)22-9-14)12-15-10(7-21-12)11(18)20-4-2/h7H,3-6,8-9H2,1-2H3. The number of rotatable bonds is 4. The minimum atomic E-state index is -0.499. The molecule has 22 heavy (non-hydrogen) atoms. The van der Waals surface area contributed by atoms with Crippen molar-refractivity contribution < 1.29 is 23.5 Å². The molecule has 2 aliphatic rings. The highest BCUT2D eigenvalue weighted by atomic mass is 16.6. The number of ether oxygens (including phenoxy) is 2. The van der Waals surface area contributed by atoms with E-state index in [1.807, 2.05) is 11.8 Å². The normalized spacial score (nSPS) is 24.2. The number of cyclic esters (lactones) is 1. The Morgan fingerprint density at radius 1 is 1.45 bits per heavy atom. The molecule has 1 unspecified atom stereocenters. The third-order valence-electron chi connectivity index (χ3n) is 4.24. The molecule has 2 aliphatic heterocycles. The van der Waals surface area contributed by atoms with Crippen LogP contribution in [0.2, 0.25) is 0 Å². The lowest BCUT2D eigenvalue weighted by Crippen LogP contribution is -2.61. The maximum absolute atomic E-state index is 11.8. The zero-order valence-corrected chi connectivity index (χ0v) is 12.7. The average Bonchev–Trinajstić information content (AvgIpc) is 3.13. The smallest absolute Gasteiger partial charge is 0.410 e. The Morgan fingerprint density at radius 3 is 3.00 bits per heavy atom. The van der Waals surface area contributed by atoms with Gasteiger partial charge in [0, 0.05) is 19.6 Å². The molecule has 2 saturated heterocycles. The maximum atomic E-state index is 11.8. The number of oxazole rings is 1. The number of hydrogen-bond acceptors (Lipinski definition) is 7. The summed E-state index contributed by atoms with van der Waals surface area (Å²) in [6, 6.07) is 0.370. The molecule has 1 aromatic heterocycles. The molecule has 2 fully saturated rings. The van der Waals surface area contributed by atoms with Gasteiger partial charge < -0.3 is 18.8 Å². The van der Waals surface area contributed by atoms with Crippen LogP contribution >= 0.6 is 0 Å². The van der Waals surface area contributed by atoms with Crippen molar-refractivity contribution in [2.75, 3.05) is 37.7 Å². The molecule has 0 spiro atoms. The topological polar surface area (TPSA) is 85.1 Å². The van der Waals surface area contributed by atoms with Crippen molar-refractivity contribution in [1.82, 2.24) is 9.88 Å². The second-order valence-corrected chi connectivity index (χ2v) is 5.44. The number of piperazine rings is 1. The van der Waals surface area contributed by atoms with Crippen molar-refractivity contribution in [3.63, 3.8) is 0 Å². The summed E-state index contributed by atoms with van der Waals surface area (Å²) in [5.41, 5.74) is -0.197. The van der Waals surface area contributed by atoms with Crippen molar-refractivity contribution in [2.45, 2.75) is 25.8 Å². The molecule has 120 valence electrons. The van der Waals surface area contributed by atoms with E-state index in [0.29, 0.717) is 32.3 Å². The molecule has 8 heteroatoms. The van der Waals surface area contributed by atoms with Gasteiger partial charge in [-0.3, -0.25) is 4.90 Å². The number of anilines is 1. The third kappa shape index (κ3) is 2.28. The van der Waals surface area contributed by atoms with Gasteiger partial charge >= 0.3 is 12.1 Å². The lowest BCUT2D eigenvalue weighted by molar-refractivity contribution is 0.0519. The van der Waals surface area contributed by atoms with Crippen molar-refractivity contribution >= 4 is 18.1 Å². The molecule has 8 nitrogen and oxygen atoms in total. The van der Waals surface area contributed by atoms with E-state index in [-0.39, 0.29) is 23.9 Å². The first-order chi connectivity index (χ1) is 10.6. The van der Waals surface area contributed by atoms with Gasteiger partial charge in [-0.05, 0) is 13.3 Å². The molecule has 0 bridgehead atoms. The largest absolute Gasteiger partial charge is 0.461 e. The number of hydrogen-bond donors (Lipinski definition) is 0. The van der Waals surface area contributed by atoms with Crippen LogP contribution in [-0.2, 0) is 9.47 Å². The minimum absolute atomic E-state index is 0.156. The first kappa shape index (κ1) is 14.7. The molecule has 1 atom stereocenters. The summed E-state index contributed by atoms with van der Waals surface area (Å²) in [6.07, 6.45) is 1.82. The van der Waals surface area contributed by atoms with Crippen LogP contribution in [0.5, 0.6) is 0 Å². The molecule has 1 amide bonds. The van der Waals surface area contributed by atoms with E-state index >= 15 is 0 Å². The van der Waals surface area contributed by atoms with Crippen molar-refractivity contribution in [1.29, 1.82) is 0 Å². The summed E-state index contributed by atoms with van der Waals surface area (Å²) in [7, 11) is 0. The molecule has 0 saturated carbocycles. The maximum Gasteiger partial charge on any atom is 0.410 e. The van der Waals surface area contributed by atoms with Gasteiger partial charge in [-0.25, -0.2) is 9.59 Å². The second kappa shape index (κ2) is 5.51. The van der Waals surface area contributed by atoms with E-state index < -0.39 is 5.97 Å². The van der Waals surface area contributed by atoms with Crippen LogP contribution in [0.3, 0.4) is 0 Å². The predicted molar refractivity (Wildman–Crippen MR) is 75.7 cm³/mol. The molecular formula is C14H19N3O5. The lowest BCUT2D eigenvalue weighted by atomic mass is 9.93. The Bertz CT molecular complexity index is 587. The molecule has 3 heterocycles. The van der Waals surface area contributed by atoms with E-state index in [0.717, 1.165) is 6.42 Å². The number of fused-ring (bicyclic) bond motifs is 1. The van der Waals surface area contributed by atoms with Crippen LogP contribution in [-0.4, -0.2) is 60.3 Å². The van der Waals surface area contributed by atoms with Gasteiger partial charge in [-0.2, -0.15) is 4.98 Å². The summed E-state index contributed by atoms with van der Waals surface area (Å²) in [4.78, 5) is 31.3. The molecule has 0 radical (unpaired) electrons. The predicted octanol–water partition coefficient (Wildman–Crippen LogP) is 1.27. The molecular weight excluding hydrogens is 290 g/mol. The van der Waals surface area contributed by atoms with Gasteiger partial charge in [0.25, 0.3) is 6.01 Å². The van der Waals surface area contributed by atoms with E-state index in [1.165, 1.54) is 6.26 Å². The fourth-order valence-electron chi connectivity index (χ4n) is 2.94. The number of carbonyl (C=O) groups is 2. The Morgan fingerprint density at radius 2 is 2.27 bits per heavy atom. The zero-order chi connectivity index (χ0) is 15.7. The van der Waals surface area contributed by atoms with Crippen LogP contribution in [0.1, 0.15) is 30.8 Å². The van der Waals surface area contributed by atoms with Crippen molar-refractivity contribution in [2.24, 2.45) is 0 Å². The number of nitrogens with zero attached hydrogens (tertiary/aromatic N) is 3. The summed E-state index contributed by atoms with van der Waals surface area (Å²) in [6.45, 7) is 6.11. The van der Waals surface area contributed by atoms with E-state index in [9.17, 15) is 9.59 Å². The summed E-state index contributed by atoms with van der Waals surface area (Å²) in [5.74, 6) is -0.499. The minimum Gasteiger partial charge on any atom is -0.461 e. The van der Waals surface area contributed by atoms with Crippen LogP contribution in [0.4, 0.5) is 10.8 Å². The zero-order valence-electron chi connectivity index (χ0n) is 12.7. The Labute approximate surface area is 128 Å². The van der Waals surface area contributed by atoms with Gasteiger partial charge in [0.1, 0.15) is 12.9 Å². The van der Waals surface area contributed by atoms with Crippen LogP contribution in [0, 0.1) is 0 Å². The van der Waals surface area contributed by atoms with Gasteiger partial charge in [0.2, 0.25) is 0 Å². The van der Waals surface area contributed by atoms with Gasteiger partial charge in [-0.1, -0.05) is 6.92 Å². The highest BCUT2D eigenvalue weighted by Gasteiger charge is 2.50. The number of amides is 1. The van der Waals surface area contributed by atoms with E-state index in [4.69, 9.17) is 13.9 Å². The molecule has 0 aromatic carbocycles. The highest BCUT2D eigenvalue weighted by molar-refractivity contribution is 5.87. The summed E-state index contributed by atoms with van der Waals surface area (Å²) >= 11 is 0. The molecule has 0 N–H and O–H groups in total.